The van der Waals surface area contributed by atoms with Crippen LogP contribution in [0.4, 0.5) is 0 Å². The fourth-order valence-electron chi connectivity index (χ4n) is 4.37. The lowest BCUT2D eigenvalue weighted by molar-refractivity contribution is -0.122. The van der Waals surface area contributed by atoms with Crippen molar-refractivity contribution in [2.24, 2.45) is 5.92 Å². The second-order valence-electron chi connectivity index (χ2n) is 9.45. The second kappa shape index (κ2) is 16.9. The number of nitrogens with zero attached hydrogens (tertiary/aromatic N) is 5. The van der Waals surface area contributed by atoms with Gasteiger partial charge in [-0.1, -0.05) is 50.9 Å². The van der Waals surface area contributed by atoms with Gasteiger partial charge in [-0.3, -0.25) is 14.6 Å². The van der Waals surface area contributed by atoms with Crippen molar-refractivity contribution in [2.45, 2.75) is 76.1 Å². The molecule has 1 fully saturated rings. The molecule has 2 aromatic heterocycles. The Morgan fingerprint density at radius 1 is 1.17 bits per heavy atom. The maximum absolute atomic E-state index is 13.3. The Bertz CT molecular complexity index is 897. The number of hydrogen-bond acceptors (Lipinski definition) is 8. The van der Waals surface area contributed by atoms with Gasteiger partial charge in [0.25, 0.3) is 11.1 Å². The van der Waals surface area contributed by atoms with Gasteiger partial charge in [0.2, 0.25) is 12.2 Å². The first kappa shape index (κ1) is 32.3. The van der Waals surface area contributed by atoms with Gasteiger partial charge in [0.1, 0.15) is 6.04 Å². The molecule has 0 aliphatic heterocycles. The summed E-state index contributed by atoms with van der Waals surface area (Å²) in [6.07, 6.45) is 9.40. The van der Waals surface area contributed by atoms with Crippen molar-refractivity contribution in [1.82, 2.24) is 25.0 Å². The summed E-state index contributed by atoms with van der Waals surface area (Å²) in [6, 6.07) is 5.51. The first-order valence-electron chi connectivity index (χ1n) is 12.3. The summed E-state index contributed by atoms with van der Waals surface area (Å²) < 4.78 is 5.72. The van der Waals surface area contributed by atoms with Crippen LogP contribution in [-0.2, 0) is 11.2 Å². The summed E-state index contributed by atoms with van der Waals surface area (Å²) in [5.74, 6) is 0.780. The maximum Gasteiger partial charge on any atom is 0.286 e. The molecule has 36 heavy (non-hydrogen) atoms. The Hall–Kier alpha value is -1.68. The van der Waals surface area contributed by atoms with Gasteiger partial charge in [-0.15, -0.1) is 35.0 Å². The van der Waals surface area contributed by atoms with Gasteiger partial charge in [-0.05, 0) is 44.4 Å². The van der Waals surface area contributed by atoms with E-state index < -0.39 is 6.04 Å². The molecule has 1 amide bonds. The molecular weight excluding hydrogens is 521 g/mol. The van der Waals surface area contributed by atoms with E-state index in [1.165, 1.54) is 18.2 Å². The van der Waals surface area contributed by atoms with Crippen LogP contribution in [0.2, 0.25) is 0 Å². The molecular formula is C25H39Cl2N5O3S. The average molecular weight is 561 g/mol. The minimum Gasteiger partial charge on any atom is -0.408 e. The first-order chi connectivity index (χ1) is 16.5. The number of carbonyl (C=O) groups is 2. The highest BCUT2D eigenvalue weighted by Crippen LogP contribution is 2.27. The molecule has 0 saturated heterocycles. The molecule has 0 spiro atoms. The van der Waals surface area contributed by atoms with Crippen molar-refractivity contribution in [3.05, 3.63) is 36.0 Å². The number of carbonyl (C=O) groups excluding carboxylic acids is 2. The van der Waals surface area contributed by atoms with E-state index in [2.05, 4.69) is 41.0 Å². The van der Waals surface area contributed by atoms with Crippen LogP contribution in [0.5, 0.6) is 0 Å². The number of Topliss-reactive ketones (excluding diaryl/α,β-unsaturated/α-hetero) is 1. The van der Waals surface area contributed by atoms with E-state index in [1.807, 2.05) is 24.4 Å². The SMILES string of the molecule is CC(C)CC(C(=O)c1nnc(SCCN(C)CCc2ccccn2)o1)N(C=O)C1CCCCC1.Cl.Cl. The van der Waals surface area contributed by atoms with Crippen molar-refractivity contribution < 1.29 is 14.0 Å². The Morgan fingerprint density at radius 2 is 1.92 bits per heavy atom. The van der Waals surface area contributed by atoms with Crippen molar-refractivity contribution >= 4 is 48.8 Å². The Labute approximate surface area is 231 Å². The van der Waals surface area contributed by atoms with Gasteiger partial charge in [0.05, 0.1) is 0 Å². The predicted molar refractivity (Wildman–Crippen MR) is 147 cm³/mol. The zero-order valence-electron chi connectivity index (χ0n) is 21.4. The van der Waals surface area contributed by atoms with Crippen LogP contribution in [0.1, 0.15) is 68.8 Å². The summed E-state index contributed by atoms with van der Waals surface area (Å²) >= 11 is 1.44. The third kappa shape index (κ3) is 10.00. The van der Waals surface area contributed by atoms with Gasteiger partial charge in [0, 0.05) is 43.2 Å². The summed E-state index contributed by atoms with van der Waals surface area (Å²) in [4.78, 5) is 33.6. The highest BCUT2D eigenvalue weighted by atomic mass is 35.5. The molecule has 202 valence electrons. The van der Waals surface area contributed by atoms with Crippen LogP contribution >= 0.6 is 36.6 Å². The predicted octanol–water partition coefficient (Wildman–Crippen LogP) is 4.96. The van der Waals surface area contributed by atoms with Crippen molar-refractivity contribution in [3.8, 4) is 0 Å². The molecule has 1 atom stereocenters. The largest absolute Gasteiger partial charge is 0.408 e. The van der Waals surface area contributed by atoms with Crippen LogP contribution in [0, 0.1) is 5.92 Å². The molecule has 2 aromatic rings. The quantitative estimate of drug-likeness (QED) is 0.182. The van der Waals surface area contributed by atoms with Gasteiger partial charge >= 0.3 is 0 Å². The Kier molecular flexibility index (Phi) is 15.2. The summed E-state index contributed by atoms with van der Waals surface area (Å²) in [5, 5.41) is 8.49. The van der Waals surface area contributed by atoms with E-state index in [0.29, 0.717) is 11.6 Å². The van der Waals surface area contributed by atoms with Gasteiger partial charge in [-0.2, -0.15) is 0 Å². The van der Waals surface area contributed by atoms with Crippen LogP contribution in [-0.4, -0.2) is 75.1 Å². The van der Waals surface area contributed by atoms with Gasteiger partial charge in [-0.25, -0.2) is 0 Å². The number of pyridine rings is 1. The molecule has 11 heteroatoms. The number of rotatable bonds is 14. The Morgan fingerprint density at radius 3 is 2.56 bits per heavy atom. The minimum absolute atomic E-state index is 0. The van der Waals surface area contributed by atoms with Crippen LogP contribution in [0.15, 0.2) is 34.0 Å². The van der Waals surface area contributed by atoms with Crippen LogP contribution in [0.3, 0.4) is 0 Å². The molecule has 1 saturated carbocycles. The molecule has 1 aliphatic rings. The maximum atomic E-state index is 13.3. The number of likely N-dealkylation sites (N-methyl/N-ethyl adjacent to an activating group) is 1. The van der Waals surface area contributed by atoms with Crippen molar-refractivity contribution in [1.29, 1.82) is 0 Å². The zero-order valence-corrected chi connectivity index (χ0v) is 23.8. The lowest BCUT2D eigenvalue weighted by Gasteiger charge is -2.36. The van der Waals surface area contributed by atoms with Crippen LogP contribution < -0.4 is 0 Å². The number of hydrogen-bond donors (Lipinski definition) is 0. The van der Waals surface area contributed by atoms with Crippen LogP contribution in [0.25, 0.3) is 0 Å². The third-order valence-corrected chi connectivity index (χ3v) is 7.07. The van der Waals surface area contributed by atoms with E-state index in [9.17, 15) is 9.59 Å². The first-order valence-corrected chi connectivity index (χ1v) is 13.3. The summed E-state index contributed by atoms with van der Waals surface area (Å²) in [7, 11) is 2.07. The third-order valence-electron chi connectivity index (χ3n) is 6.27. The highest BCUT2D eigenvalue weighted by molar-refractivity contribution is 7.99. The topological polar surface area (TPSA) is 92.4 Å². The van der Waals surface area contributed by atoms with Crippen molar-refractivity contribution in [2.75, 3.05) is 25.9 Å². The Balaban J connectivity index is 0.00000324. The van der Waals surface area contributed by atoms with E-state index in [0.717, 1.165) is 63.1 Å². The highest BCUT2D eigenvalue weighted by Gasteiger charge is 2.35. The van der Waals surface area contributed by atoms with E-state index in [-0.39, 0.29) is 48.4 Å². The summed E-state index contributed by atoms with van der Waals surface area (Å²) in [5.41, 5.74) is 1.08. The van der Waals surface area contributed by atoms with E-state index in [1.54, 1.807) is 4.90 Å². The fraction of sp³-hybridized carbons (Fsp3) is 0.640. The lowest BCUT2D eigenvalue weighted by Crippen LogP contribution is -2.48. The molecule has 0 radical (unpaired) electrons. The molecule has 3 rings (SSSR count). The number of ketones is 1. The molecule has 0 N–H and O–H groups in total. The normalized spacial score (nSPS) is 14.7. The van der Waals surface area contributed by atoms with E-state index in [4.69, 9.17) is 4.42 Å². The second-order valence-corrected chi connectivity index (χ2v) is 10.5. The monoisotopic (exact) mass is 559 g/mol. The summed E-state index contributed by atoms with van der Waals surface area (Å²) in [6.45, 7) is 5.87. The molecule has 0 bridgehead atoms. The molecule has 1 unspecified atom stereocenters. The molecule has 1 aliphatic carbocycles. The van der Waals surface area contributed by atoms with E-state index >= 15 is 0 Å². The molecule has 2 heterocycles. The average Bonchev–Trinajstić information content (AvgIpc) is 3.32. The number of amides is 1. The smallest absolute Gasteiger partial charge is 0.286 e. The fourth-order valence-corrected chi connectivity index (χ4v) is 5.18. The minimum atomic E-state index is -0.559. The lowest BCUT2D eigenvalue weighted by atomic mass is 9.91. The van der Waals surface area contributed by atoms with Crippen molar-refractivity contribution in [3.63, 3.8) is 0 Å². The zero-order chi connectivity index (χ0) is 24.3. The standard InChI is InChI=1S/C25H37N5O3S.2ClH/c1-19(2)17-22(30(18-31)21-10-5-4-6-11-21)23(32)24-27-28-25(33-24)34-16-15-29(3)14-12-20-9-7-8-13-26-20;;/h7-9,13,18-19,21-22H,4-6,10-12,14-17H2,1-3H3;2*1H. The number of aromatic nitrogens is 3. The van der Waals surface area contributed by atoms with Gasteiger partial charge < -0.3 is 14.2 Å². The van der Waals surface area contributed by atoms with Gasteiger partial charge in [0.15, 0.2) is 0 Å². The number of halogens is 2. The number of thioether (sulfide) groups is 1. The molecule has 0 aromatic carbocycles. The molecule has 8 nitrogen and oxygen atoms in total.